The van der Waals surface area contributed by atoms with E-state index in [1.54, 1.807) is 16.8 Å². The predicted octanol–water partition coefficient (Wildman–Crippen LogP) is 0.709. The van der Waals surface area contributed by atoms with E-state index < -0.39 is 11.9 Å². The van der Waals surface area contributed by atoms with Gasteiger partial charge < -0.3 is 15.1 Å². The van der Waals surface area contributed by atoms with E-state index >= 15 is 0 Å². The molecule has 2 fully saturated rings. The molecule has 3 rings (SSSR count). The van der Waals surface area contributed by atoms with Crippen LogP contribution in [0.2, 0.25) is 0 Å². The summed E-state index contributed by atoms with van der Waals surface area (Å²) in [6.07, 6.45) is -3.39. The Balaban J connectivity index is 1.76. The van der Waals surface area contributed by atoms with Gasteiger partial charge in [0.1, 0.15) is 5.69 Å². The minimum absolute atomic E-state index is 0.0400. The smallest absolute Gasteiger partial charge is 0.336 e. The van der Waals surface area contributed by atoms with Crippen LogP contribution in [0.5, 0.6) is 0 Å². The molecular weight excluding hydrogens is 275 g/mol. The van der Waals surface area contributed by atoms with Gasteiger partial charge >= 0.3 is 12.2 Å². The largest absolute Gasteiger partial charge is 0.433 e. The van der Waals surface area contributed by atoms with Gasteiger partial charge in [-0.25, -0.2) is 14.8 Å². The van der Waals surface area contributed by atoms with Gasteiger partial charge in [-0.15, -0.1) is 0 Å². The van der Waals surface area contributed by atoms with E-state index in [2.05, 4.69) is 15.3 Å². The molecule has 0 unspecified atom stereocenters. The van der Waals surface area contributed by atoms with E-state index in [1.165, 1.54) is 0 Å². The van der Waals surface area contributed by atoms with Crippen molar-refractivity contribution in [1.82, 2.24) is 20.2 Å². The summed E-state index contributed by atoms with van der Waals surface area (Å²) in [6, 6.07) is 0.667. The molecular formula is C11H12F3N5O. The number of rotatable bonds is 1. The number of carbonyl (C=O) groups is 1. The minimum Gasteiger partial charge on any atom is -0.336 e. The lowest BCUT2D eigenvalue weighted by Crippen LogP contribution is -2.69. The van der Waals surface area contributed by atoms with Gasteiger partial charge in [-0.2, -0.15) is 13.2 Å². The molecule has 2 amide bonds. The van der Waals surface area contributed by atoms with Crippen molar-refractivity contribution in [3.8, 4) is 0 Å². The zero-order chi connectivity index (χ0) is 14.5. The molecule has 6 nitrogen and oxygen atoms in total. The molecule has 1 spiro atoms. The Bertz CT molecular complexity index is 555. The third kappa shape index (κ3) is 1.84. The lowest BCUT2D eigenvalue weighted by atomic mass is 9.90. The second-order valence-electron chi connectivity index (χ2n) is 5.04. The molecule has 0 saturated carbocycles. The van der Waals surface area contributed by atoms with Crippen LogP contribution in [0.25, 0.3) is 0 Å². The first-order valence-electron chi connectivity index (χ1n) is 5.99. The molecule has 1 aromatic rings. The van der Waals surface area contributed by atoms with Gasteiger partial charge in [0.15, 0.2) is 0 Å². The first kappa shape index (κ1) is 12.9. The van der Waals surface area contributed by atoms with Gasteiger partial charge in [0.2, 0.25) is 5.95 Å². The third-order valence-electron chi connectivity index (χ3n) is 3.77. The highest BCUT2D eigenvalue weighted by molar-refractivity contribution is 5.78. The van der Waals surface area contributed by atoms with E-state index in [-0.39, 0.29) is 17.5 Å². The second-order valence-corrected chi connectivity index (χ2v) is 5.04. The number of nitrogens with one attached hydrogen (secondary N) is 1. The van der Waals surface area contributed by atoms with Crippen molar-refractivity contribution in [1.29, 1.82) is 0 Å². The summed E-state index contributed by atoms with van der Waals surface area (Å²) < 4.78 is 37.8. The number of urea groups is 1. The molecule has 0 aromatic carbocycles. The fourth-order valence-electron chi connectivity index (χ4n) is 2.48. The number of amides is 2. The van der Waals surface area contributed by atoms with Crippen LogP contribution in [0, 0.1) is 0 Å². The molecule has 0 radical (unpaired) electrons. The minimum atomic E-state index is -4.48. The number of alkyl halides is 3. The molecule has 3 heterocycles. The van der Waals surface area contributed by atoms with Crippen LogP contribution >= 0.6 is 0 Å². The Morgan fingerprint density at radius 1 is 1.40 bits per heavy atom. The molecule has 2 aliphatic rings. The third-order valence-corrected chi connectivity index (χ3v) is 3.77. The van der Waals surface area contributed by atoms with E-state index in [0.29, 0.717) is 19.6 Å². The zero-order valence-electron chi connectivity index (χ0n) is 10.6. The number of carbonyl (C=O) groups excluding carboxylic acids is 1. The topological polar surface area (TPSA) is 61.4 Å². The lowest BCUT2D eigenvalue weighted by molar-refractivity contribution is -0.141. The first-order chi connectivity index (χ1) is 9.32. The number of halogens is 3. The molecule has 1 aromatic heterocycles. The predicted molar refractivity (Wildman–Crippen MR) is 63.1 cm³/mol. The van der Waals surface area contributed by atoms with Crippen molar-refractivity contribution in [2.75, 3.05) is 31.6 Å². The fourth-order valence-corrected chi connectivity index (χ4v) is 2.48. The summed E-state index contributed by atoms with van der Waals surface area (Å²) in [5, 5.41) is 2.71. The number of likely N-dealkylation sites (N-methyl/N-ethyl adjacent to an activating group) is 1. The van der Waals surface area contributed by atoms with E-state index in [4.69, 9.17) is 0 Å². The van der Waals surface area contributed by atoms with E-state index in [1.807, 2.05) is 0 Å². The maximum absolute atomic E-state index is 12.6. The summed E-state index contributed by atoms with van der Waals surface area (Å²) in [5.41, 5.74) is -1.33. The summed E-state index contributed by atoms with van der Waals surface area (Å²) in [6.45, 7) is 1.32. The molecule has 1 N–H and O–H groups in total. The SMILES string of the molecule is CN1C(=O)NCC12CN(c1nccc(C(F)(F)F)n1)C2. The number of hydrogen-bond acceptors (Lipinski definition) is 4. The van der Waals surface area contributed by atoms with Crippen LogP contribution in [0.3, 0.4) is 0 Å². The van der Waals surface area contributed by atoms with Crippen molar-refractivity contribution in [3.05, 3.63) is 18.0 Å². The maximum atomic E-state index is 12.6. The number of nitrogens with zero attached hydrogens (tertiary/aromatic N) is 4. The summed E-state index contributed by atoms with van der Waals surface area (Å²) >= 11 is 0. The van der Waals surface area contributed by atoms with Gasteiger partial charge in [-0.05, 0) is 6.07 Å². The Morgan fingerprint density at radius 3 is 2.65 bits per heavy atom. The monoisotopic (exact) mass is 287 g/mol. The van der Waals surface area contributed by atoms with Crippen molar-refractivity contribution >= 4 is 12.0 Å². The molecule has 20 heavy (non-hydrogen) atoms. The molecule has 0 bridgehead atoms. The molecule has 0 atom stereocenters. The van der Waals surface area contributed by atoms with Crippen molar-refractivity contribution in [2.45, 2.75) is 11.7 Å². The average Bonchev–Trinajstić information content (AvgIpc) is 2.64. The molecule has 9 heteroatoms. The zero-order valence-corrected chi connectivity index (χ0v) is 10.6. The van der Waals surface area contributed by atoms with Crippen LogP contribution in [-0.2, 0) is 6.18 Å². The Morgan fingerprint density at radius 2 is 2.10 bits per heavy atom. The van der Waals surface area contributed by atoms with Gasteiger partial charge in [0.05, 0.1) is 5.54 Å². The summed E-state index contributed by atoms with van der Waals surface area (Å²) in [5.74, 6) is 0.0400. The quantitative estimate of drug-likeness (QED) is 0.826. The number of hydrogen-bond donors (Lipinski definition) is 1. The summed E-state index contributed by atoms with van der Waals surface area (Å²) in [4.78, 5) is 22.0. The van der Waals surface area contributed by atoms with Gasteiger partial charge in [0.25, 0.3) is 0 Å². The van der Waals surface area contributed by atoms with Crippen LogP contribution < -0.4 is 10.2 Å². The Labute approximate surface area is 112 Å². The highest BCUT2D eigenvalue weighted by Gasteiger charge is 2.53. The van der Waals surface area contributed by atoms with Crippen molar-refractivity contribution < 1.29 is 18.0 Å². The van der Waals surface area contributed by atoms with E-state index in [0.717, 1.165) is 12.3 Å². The highest BCUT2D eigenvalue weighted by Crippen LogP contribution is 2.34. The van der Waals surface area contributed by atoms with Crippen molar-refractivity contribution in [2.24, 2.45) is 0 Å². The molecule has 2 aliphatic heterocycles. The Hall–Kier alpha value is -2.06. The van der Waals surface area contributed by atoms with Gasteiger partial charge in [0, 0.05) is 32.9 Å². The standard InChI is InChI=1S/C11H12F3N5O/c1-18-9(20)16-4-10(18)5-19(6-10)8-15-3-2-7(17-8)11(12,13)14/h2-3H,4-6H2,1H3,(H,16,20). The van der Waals surface area contributed by atoms with Crippen LogP contribution in [0.4, 0.5) is 23.9 Å². The molecule has 0 aliphatic carbocycles. The second kappa shape index (κ2) is 3.97. The summed E-state index contributed by atoms with van der Waals surface area (Å²) in [7, 11) is 1.67. The van der Waals surface area contributed by atoms with Crippen LogP contribution in [0.1, 0.15) is 5.69 Å². The fraction of sp³-hybridized carbons (Fsp3) is 0.545. The first-order valence-corrected chi connectivity index (χ1v) is 5.99. The van der Waals surface area contributed by atoms with Gasteiger partial charge in [-0.1, -0.05) is 0 Å². The number of aromatic nitrogens is 2. The van der Waals surface area contributed by atoms with Crippen LogP contribution in [0.15, 0.2) is 12.3 Å². The molecule has 2 saturated heterocycles. The van der Waals surface area contributed by atoms with Crippen LogP contribution in [-0.4, -0.2) is 53.1 Å². The maximum Gasteiger partial charge on any atom is 0.433 e. The molecule has 108 valence electrons. The van der Waals surface area contributed by atoms with Crippen molar-refractivity contribution in [3.63, 3.8) is 0 Å². The normalized spacial score (nSPS) is 21.1. The average molecular weight is 287 g/mol. The lowest BCUT2D eigenvalue weighted by Gasteiger charge is -2.50. The van der Waals surface area contributed by atoms with E-state index in [9.17, 15) is 18.0 Å². The highest BCUT2D eigenvalue weighted by atomic mass is 19.4. The number of anilines is 1. The Kier molecular flexibility index (Phi) is 2.57. The van der Waals surface area contributed by atoms with Gasteiger partial charge in [-0.3, -0.25) is 0 Å².